The summed E-state index contributed by atoms with van der Waals surface area (Å²) >= 11 is 0. The summed E-state index contributed by atoms with van der Waals surface area (Å²) in [6.45, 7) is 1.81. The maximum absolute atomic E-state index is 10.1. The quantitative estimate of drug-likeness (QED) is 0.824. The molecule has 4 rings (SSSR count). The SMILES string of the molecule is COc1cc2c(cc1O)CC[N+]1(C)Cc3c(ccc(O)c3OC)C[C@@H]21. The van der Waals surface area contributed by atoms with E-state index in [0.29, 0.717) is 17.5 Å². The number of rotatable bonds is 2. The number of hydrogen-bond donors (Lipinski definition) is 2. The lowest BCUT2D eigenvalue weighted by molar-refractivity contribution is -0.956. The topological polar surface area (TPSA) is 58.9 Å². The van der Waals surface area contributed by atoms with Gasteiger partial charge in [-0.05, 0) is 29.3 Å². The van der Waals surface area contributed by atoms with Gasteiger partial charge in [0.25, 0.3) is 0 Å². The standard InChI is InChI=1S/C20H23NO4/c1-21-7-6-13-9-18(23)19(24-2)10-14(13)16(21)8-12-4-5-17(22)20(25-3)15(12)11-21/h4-5,9-10,16H,6-8,11H2,1-3H3,(H-,22,23)/p+1/t16-,21?/m0/s1. The van der Waals surface area contributed by atoms with E-state index in [2.05, 4.69) is 7.05 Å². The zero-order valence-corrected chi connectivity index (χ0v) is 14.9. The normalized spacial score (nSPS) is 24.0. The van der Waals surface area contributed by atoms with Crippen LogP contribution in [0.4, 0.5) is 0 Å². The van der Waals surface area contributed by atoms with Crippen LogP contribution in [0.15, 0.2) is 24.3 Å². The largest absolute Gasteiger partial charge is 0.504 e. The number of methoxy groups -OCH3 is 2. The van der Waals surface area contributed by atoms with Gasteiger partial charge >= 0.3 is 0 Å². The lowest BCUT2D eigenvalue weighted by Gasteiger charge is -2.49. The van der Waals surface area contributed by atoms with E-state index < -0.39 is 0 Å². The molecule has 2 N–H and O–H groups in total. The molecule has 0 saturated carbocycles. The van der Waals surface area contributed by atoms with E-state index >= 15 is 0 Å². The molecule has 2 aromatic carbocycles. The van der Waals surface area contributed by atoms with Crippen LogP contribution in [-0.2, 0) is 19.4 Å². The third-order valence-electron chi connectivity index (χ3n) is 5.92. The molecule has 2 aliphatic rings. The second-order valence-electron chi connectivity index (χ2n) is 7.31. The summed E-state index contributed by atoms with van der Waals surface area (Å²) in [5.74, 6) is 1.54. The number of phenols is 2. The Bertz CT molecular complexity index is 848. The van der Waals surface area contributed by atoms with Gasteiger partial charge < -0.3 is 24.2 Å². The number of benzene rings is 2. The smallest absolute Gasteiger partial charge is 0.169 e. The number of aromatic hydroxyl groups is 2. The fourth-order valence-electron chi connectivity index (χ4n) is 4.52. The van der Waals surface area contributed by atoms with E-state index in [-0.39, 0.29) is 11.5 Å². The van der Waals surface area contributed by atoms with E-state index in [1.54, 1.807) is 20.3 Å². The van der Waals surface area contributed by atoms with E-state index in [1.807, 2.05) is 18.2 Å². The van der Waals surface area contributed by atoms with Crippen molar-refractivity contribution >= 4 is 0 Å². The summed E-state index contributed by atoms with van der Waals surface area (Å²) in [5.41, 5.74) is 4.78. The van der Waals surface area contributed by atoms with Crippen LogP contribution in [-0.4, -0.2) is 42.5 Å². The van der Waals surface area contributed by atoms with Gasteiger partial charge in [0.2, 0.25) is 0 Å². The molecule has 0 saturated heterocycles. The fraction of sp³-hybridized carbons (Fsp3) is 0.400. The van der Waals surface area contributed by atoms with Gasteiger partial charge in [0.05, 0.1) is 33.4 Å². The van der Waals surface area contributed by atoms with Crippen molar-refractivity contribution in [3.63, 3.8) is 0 Å². The number of quaternary nitrogens is 1. The lowest BCUT2D eigenvalue weighted by Crippen LogP contribution is -2.53. The number of nitrogens with zero attached hydrogens (tertiary/aromatic N) is 1. The molecule has 1 unspecified atom stereocenters. The Morgan fingerprint density at radius 1 is 1.04 bits per heavy atom. The predicted molar refractivity (Wildman–Crippen MR) is 94.2 cm³/mol. The van der Waals surface area contributed by atoms with Gasteiger partial charge in [0, 0.05) is 18.4 Å². The van der Waals surface area contributed by atoms with Crippen LogP contribution in [0.1, 0.15) is 28.3 Å². The first kappa shape index (κ1) is 16.1. The second-order valence-corrected chi connectivity index (χ2v) is 7.31. The molecule has 2 atom stereocenters. The van der Waals surface area contributed by atoms with Crippen molar-refractivity contribution in [2.45, 2.75) is 25.4 Å². The molecule has 0 aliphatic carbocycles. The third kappa shape index (κ3) is 2.34. The number of likely N-dealkylation sites (N-methyl/N-ethyl adjacent to an activating group) is 1. The van der Waals surface area contributed by atoms with E-state index in [1.165, 1.54) is 16.7 Å². The summed E-state index contributed by atoms with van der Waals surface area (Å²) in [7, 11) is 5.46. The molecule has 0 fully saturated rings. The second kappa shape index (κ2) is 5.56. The van der Waals surface area contributed by atoms with Gasteiger partial charge in [-0.15, -0.1) is 0 Å². The number of hydrogen-bond acceptors (Lipinski definition) is 4. The average molecular weight is 342 g/mol. The fourth-order valence-corrected chi connectivity index (χ4v) is 4.52. The summed E-state index contributed by atoms with van der Waals surface area (Å²) in [6, 6.07) is 7.87. The molecule has 25 heavy (non-hydrogen) atoms. The van der Waals surface area contributed by atoms with Gasteiger partial charge in [0.15, 0.2) is 23.0 Å². The highest BCUT2D eigenvalue weighted by atomic mass is 16.5. The Morgan fingerprint density at radius 3 is 2.56 bits per heavy atom. The highest BCUT2D eigenvalue weighted by Crippen LogP contribution is 2.48. The van der Waals surface area contributed by atoms with Crippen molar-refractivity contribution in [1.82, 2.24) is 0 Å². The molecular weight excluding hydrogens is 318 g/mol. The van der Waals surface area contributed by atoms with Crippen LogP contribution in [0.25, 0.3) is 0 Å². The number of fused-ring (bicyclic) bond motifs is 4. The average Bonchev–Trinajstić information content (AvgIpc) is 2.59. The lowest BCUT2D eigenvalue weighted by atomic mass is 9.81. The maximum atomic E-state index is 10.1. The summed E-state index contributed by atoms with van der Waals surface area (Å²) in [5, 5.41) is 20.2. The van der Waals surface area contributed by atoms with Crippen molar-refractivity contribution < 1.29 is 24.2 Å². The predicted octanol–water partition coefficient (Wildman–Crippen LogP) is 2.92. The van der Waals surface area contributed by atoms with Gasteiger partial charge in [-0.25, -0.2) is 0 Å². The van der Waals surface area contributed by atoms with Crippen LogP contribution in [0.3, 0.4) is 0 Å². The summed E-state index contributed by atoms with van der Waals surface area (Å²) in [6.07, 6.45) is 1.79. The van der Waals surface area contributed by atoms with Crippen LogP contribution in [0.2, 0.25) is 0 Å². The monoisotopic (exact) mass is 342 g/mol. The maximum Gasteiger partial charge on any atom is 0.169 e. The zero-order chi connectivity index (χ0) is 17.8. The third-order valence-corrected chi connectivity index (χ3v) is 5.92. The minimum absolute atomic E-state index is 0.204. The molecule has 2 aliphatic heterocycles. The van der Waals surface area contributed by atoms with Crippen molar-refractivity contribution in [2.24, 2.45) is 0 Å². The van der Waals surface area contributed by atoms with Crippen LogP contribution >= 0.6 is 0 Å². The van der Waals surface area contributed by atoms with E-state index in [9.17, 15) is 10.2 Å². The molecule has 0 radical (unpaired) electrons. The Hall–Kier alpha value is -2.40. The molecule has 5 nitrogen and oxygen atoms in total. The highest BCUT2D eigenvalue weighted by molar-refractivity contribution is 5.53. The van der Waals surface area contributed by atoms with Crippen molar-refractivity contribution in [1.29, 1.82) is 0 Å². The van der Waals surface area contributed by atoms with Gasteiger partial charge in [-0.1, -0.05) is 6.07 Å². The minimum Gasteiger partial charge on any atom is -0.504 e. The van der Waals surface area contributed by atoms with Crippen LogP contribution in [0, 0.1) is 0 Å². The first-order valence-corrected chi connectivity index (χ1v) is 8.58. The first-order chi connectivity index (χ1) is 12.0. The van der Waals surface area contributed by atoms with Crippen molar-refractivity contribution in [3.05, 3.63) is 46.5 Å². The molecule has 132 valence electrons. The molecule has 2 aromatic rings. The Kier molecular flexibility index (Phi) is 3.58. The first-order valence-electron chi connectivity index (χ1n) is 8.58. The highest BCUT2D eigenvalue weighted by Gasteiger charge is 2.44. The summed E-state index contributed by atoms with van der Waals surface area (Å²) < 4.78 is 11.7. The van der Waals surface area contributed by atoms with E-state index in [0.717, 1.165) is 36.0 Å². The van der Waals surface area contributed by atoms with Gasteiger partial charge in [-0.3, -0.25) is 0 Å². The van der Waals surface area contributed by atoms with Crippen molar-refractivity contribution in [2.75, 3.05) is 27.8 Å². The number of ether oxygens (including phenoxy) is 2. The summed E-state index contributed by atoms with van der Waals surface area (Å²) in [4.78, 5) is 0. The van der Waals surface area contributed by atoms with E-state index in [4.69, 9.17) is 9.47 Å². The molecule has 0 amide bonds. The molecule has 2 heterocycles. The molecule has 5 heteroatoms. The Labute approximate surface area is 147 Å². The van der Waals surface area contributed by atoms with Gasteiger partial charge in [-0.2, -0.15) is 0 Å². The molecule has 0 spiro atoms. The van der Waals surface area contributed by atoms with Crippen LogP contribution < -0.4 is 9.47 Å². The minimum atomic E-state index is 0.204. The molecular formula is C20H24NO4+. The molecule has 0 aromatic heterocycles. The molecule has 0 bridgehead atoms. The number of phenolic OH excluding ortho intramolecular Hbond substituents is 2. The van der Waals surface area contributed by atoms with Crippen molar-refractivity contribution in [3.8, 4) is 23.0 Å². The Morgan fingerprint density at radius 2 is 1.84 bits per heavy atom. The van der Waals surface area contributed by atoms with Crippen LogP contribution in [0.5, 0.6) is 23.0 Å². The Balaban J connectivity index is 1.84. The van der Waals surface area contributed by atoms with Gasteiger partial charge in [0.1, 0.15) is 12.6 Å². The zero-order valence-electron chi connectivity index (χ0n) is 14.9.